The minimum atomic E-state index is 0.0704. The van der Waals surface area contributed by atoms with Crippen LogP contribution in [0.4, 0.5) is 0 Å². The van der Waals surface area contributed by atoms with Crippen LogP contribution in [0.5, 0.6) is 0 Å². The van der Waals surface area contributed by atoms with Crippen molar-refractivity contribution >= 4 is 16.8 Å². The second-order valence-corrected chi connectivity index (χ2v) is 6.80. The normalized spacial score (nSPS) is 19.3. The van der Waals surface area contributed by atoms with Crippen LogP contribution in [-0.2, 0) is 11.2 Å². The third-order valence-electron chi connectivity index (χ3n) is 4.75. The molecular weight excluding hydrogens is 288 g/mol. The molecule has 2 N–H and O–H groups in total. The minimum absolute atomic E-state index is 0.0704. The molecule has 1 atom stereocenters. The van der Waals surface area contributed by atoms with Crippen LogP contribution in [0.15, 0.2) is 24.3 Å². The number of carbonyl (C=O) groups excluding carboxylic acids is 1. The Morgan fingerprint density at radius 3 is 3.09 bits per heavy atom. The zero-order valence-corrected chi connectivity index (χ0v) is 14.0. The van der Waals surface area contributed by atoms with Crippen molar-refractivity contribution in [2.45, 2.75) is 39.2 Å². The molecule has 0 unspecified atom stereocenters. The molecule has 0 radical (unpaired) electrons. The van der Waals surface area contributed by atoms with Crippen LogP contribution in [0.3, 0.4) is 0 Å². The van der Waals surface area contributed by atoms with Crippen LogP contribution < -0.4 is 5.32 Å². The van der Waals surface area contributed by atoms with E-state index in [0.29, 0.717) is 18.4 Å². The van der Waals surface area contributed by atoms with E-state index in [1.807, 2.05) is 24.3 Å². The Morgan fingerprint density at radius 2 is 2.26 bits per heavy atom. The molecule has 1 amide bonds. The quantitative estimate of drug-likeness (QED) is 0.890. The molecule has 0 aliphatic carbocycles. The molecule has 2 aromatic rings. The second kappa shape index (κ2) is 7.13. The molecule has 124 valence electrons. The lowest BCUT2D eigenvalue weighted by atomic mass is 9.97. The molecule has 1 aliphatic heterocycles. The Hall–Kier alpha value is -1.88. The van der Waals surface area contributed by atoms with Gasteiger partial charge in [0.25, 0.3) is 0 Å². The number of aromatic nitrogens is 2. The average molecular weight is 314 g/mol. The summed E-state index contributed by atoms with van der Waals surface area (Å²) in [7, 11) is 0. The summed E-state index contributed by atoms with van der Waals surface area (Å²) in [6.07, 6.45) is 2.79. The minimum Gasteiger partial charge on any atom is -0.355 e. The second-order valence-electron chi connectivity index (χ2n) is 6.80. The number of piperidine rings is 1. The largest absolute Gasteiger partial charge is 0.355 e. The summed E-state index contributed by atoms with van der Waals surface area (Å²) in [4.78, 5) is 14.7. The van der Waals surface area contributed by atoms with E-state index < -0.39 is 0 Å². The van der Waals surface area contributed by atoms with Gasteiger partial charge in [0.05, 0.1) is 17.6 Å². The first-order chi connectivity index (χ1) is 11.1. The fraction of sp³-hybridized carbons (Fsp3) is 0.556. The van der Waals surface area contributed by atoms with E-state index in [0.717, 1.165) is 29.7 Å². The molecule has 2 heterocycles. The molecule has 5 heteroatoms. The van der Waals surface area contributed by atoms with Crippen LogP contribution in [-0.4, -0.2) is 46.7 Å². The Morgan fingerprint density at radius 1 is 1.43 bits per heavy atom. The maximum absolute atomic E-state index is 12.2. The van der Waals surface area contributed by atoms with Gasteiger partial charge in [-0.05, 0) is 45.2 Å². The highest BCUT2D eigenvalue weighted by Gasteiger charge is 2.22. The van der Waals surface area contributed by atoms with Gasteiger partial charge in [-0.1, -0.05) is 18.2 Å². The number of nitrogens with zero attached hydrogens (tertiary/aromatic N) is 2. The number of fused-ring (bicyclic) bond motifs is 1. The topological polar surface area (TPSA) is 61.0 Å². The molecule has 0 bridgehead atoms. The number of aromatic amines is 1. The Balaban J connectivity index is 1.52. The van der Waals surface area contributed by atoms with Gasteiger partial charge in [0.1, 0.15) is 0 Å². The summed E-state index contributed by atoms with van der Waals surface area (Å²) in [5.74, 6) is 0.634. The maximum Gasteiger partial charge on any atom is 0.226 e. The summed E-state index contributed by atoms with van der Waals surface area (Å²) in [5.41, 5.74) is 1.81. The van der Waals surface area contributed by atoms with E-state index in [1.54, 1.807) is 0 Å². The summed E-state index contributed by atoms with van der Waals surface area (Å²) in [6, 6.07) is 8.47. The fourth-order valence-electron chi connectivity index (χ4n) is 3.36. The molecule has 0 spiro atoms. The number of hydrogen-bond donors (Lipinski definition) is 2. The molecule has 1 aliphatic rings. The lowest BCUT2D eigenvalue weighted by molar-refractivity contribution is -0.120. The summed E-state index contributed by atoms with van der Waals surface area (Å²) < 4.78 is 0. The number of rotatable bonds is 5. The molecule has 1 aromatic carbocycles. The van der Waals surface area contributed by atoms with Crippen molar-refractivity contribution in [2.75, 3.05) is 19.6 Å². The number of amides is 1. The molecule has 0 saturated carbocycles. The van der Waals surface area contributed by atoms with Gasteiger partial charge in [0.15, 0.2) is 0 Å². The zero-order valence-electron chi connectivity index (χ0n) is 14.0. The molecular formula is C18H26N4O. The third-order valence-corrected chi connectivity index (χ3v) is 4.75. The van der Waals surface area contributed by atoms with Crippen LogP contribution >= 0.6 is 0 Å². The van der Waals surface area contributed by atoms with Gasteiger partial charge in [-0.2, -0.15) is 5.10 Å². The van der Waals surface area contributed by atoms with Gasteiger partial charge in [0, 0.05) is 24.5 Å². The number of likely N-dealkylation sites (tertiary alicyclic amines) is 1. The van der Waals surface area contributed by atoms with Crippen LogP contribution in [0.25, 0.3) is 10.9 Å². The van der Waals surface area contributed by atoms with E-state index in [9.17, 15) is 4.79 Å². The Bertz CT molecular complexity index is 664. The number of benzene rings is 1. The highest BCUT2D eigenvalue weighted by atomic mass is 16.1. The van der Waals surface area contributed by atoms with Crippen LogP contribution in [0.1, 0.15) is 32.4 Å². The van der Waals surface area contributed by atoms with Gasteiger partial charge in [-0.15, -0.1) is 0 Å². The highest BCUT2D eigenvalue weighted by Crippen LogP contribution is 2.18. The standard InChI is InChI=1S/C18H26N4O/c1-13(2)22-9-5-6-14(12-22)11-19-18(23)10-17-15-7-3-4-8-16(15)20-21-17/h3-4,7-8,13-14H,5-6,9-12H2,1-2H3,(H,19,23)(H,20,21)/t14-/m1/s1. The molecule has 1 aromatic heterocycles. The summed E-state index contributed by atoms with van der Waals surface area (Å²) in [6.45, 7) is 7.52. The monoisotopic (exact) mass is 314 g/mol. The van der Waals surface area contributed by atoms with Crippen molar-refractivity contribution in [3.63, 3.8) is 0 Å². The van der Waals surface area contributed by atoms with E-state index in [1.165, 1.54) is 19.4 Å². The molecule has 3 rings (SSSR count). The predicted octanol–water partition coefficient (Wildman–Crippen LogP) is 2.34. The number of carbonyl (C=O) groups is 1. The Labute approximate surface area is 137 Å². The lowest BCUT2D eigenvalue weighted by Crippen LogP contribution is -2.44. The number of nitrogens with one attached hydrogen (secondary N) is 2. The highest BCUT2D eigenvalue weighted by molar-refractivity contribution is 5.87. The van der Waals surface area contributed by atoms with Gasteiger partial charge >= 0.3 is 0 Å². The molecule has 23 heavy (non-hydrogen) atoms. The SMILES string of the molecule is CC(C)N1CCC[C@H](CNC(=O)Cc2[nH]nc3ccccc23)C1. The maximum atomic E-state index is 12.2. The average Bonchev–Trinajstić information content (AvgIpc) is 2.96. The first kappa shape index (κ1) is 16.0. The molecule has 1 fully saturated rings. The van der Waals surface area contributed by atoms with E-state index in [2.05, 4.69) is 34.3 Å². The molecule has 1 saturated heterocycles. The van der Waals surface area contributed by atoms with Crippen molar-refractivity contribution in [1.82, 2.24) is 20.4 Å². The van der Waals surface area contributed by atoms with Crippen LogP contribution in [0.2, 0.25) is 0 Å². The Kier molecular flexibility index (Phi) is 4.96. The zero-order chi connectivity index (χ0) is 16.2. The number of hydrogen-bond acceptors (Lipinski definition) is 3. The number of H-pyrrole nitrogens is 1. The van der Waals surface area contributed by atoms with Crippen molar-refractivity contribution in [3.8, 4) is 0 Å². The fourth-order valence-corrected chi connectivity index (χ4v) is 3.36. The van der Waals surface area contributed by atoms with Crippen molar-refractivity contribution in [1.29, 1.82) is 0 Å². The van der Waals surface area contributed by atoms with Crippen molar-refractivity contribution in [2.24, 2.45) is 5.92 Å². The van der Waals surface area contributed by atoms with Crippen molar-refractivity contribution in [3.05, 3.63) is 30.0 Å². The third kappa shape index (κ3) is 3.91. The van der Waals surface area contributed by atoms with E-state index >= 15 is 0 Å². The van der Waals surface area contributed by atoms with E-state index in [-0.39, 0.29) is 5.91 Å². The number of para-hydroxylation sites is 1. The van der Waals surface area contributed by atoms with Crippen LogP contribution in [0, 0.1) is 5.92 Å². The van der Waals surface area contributed by atoms with Gasteiger partial charge in [-0.3, -0.25) is 9.89 Å². The van der Waals surface area contributed by atoms with E-state index in [4.69, 9.17) is 0 Å². The van der Waals surface area contributed by atoms with Gasteiger partial charge in [0.2, 0.25) is 5.91 Å². The summed E-state index contributed by atoms with van der Waals surface area (Å²) in [5, 5.41) is 11.4. The smallest absolute Gasteiger partial charge is 0.226 e. The van der Waals surface area contributed by atoms with Gasteiger partial charge in [-0.25, -0.2) is 0 Å². The lowest BCUT2D eigenvalue weighted by Gasteiger charge is -2.35. The predicted molar refractivity (Wildman–Crippen MR) is 92.2 cm³/mol. The van der Waals surface area contributed by atoms with Crippen molar-refractivity contribution < 1.29 is 4.79 Å². The molecule has 5 nitrogen and oxygen atoms in total. The summed E-state index contributed by atoms with van der Waals surface area (Å²) >= 11 is 0. The first-order valence-corrected chi connectivity index (χ1v) is 8.56. The van der Waals surface area contributed by atoms with Gasteiger partial charge < -0.3 is 10.2 Å². The first-order valence-electron chi connectivity index (χ1n) is 8.56.